The van der Waals surface area contributed by atoms with Crippen LogP contribution >= 0.6 is 0 Å². The van der Waals surface area contributed by atoms with E-state index in [9.17, 15) is 4.79 Å². The number of nitrogens with zero attached hydrogens (tertiary/aromatic N) is 2. The number of hydrogen-bond acceptors (Lipinski definition) is 2. The average Bonchev–Trinajstić information content (AvgIpc) is 2.63. The molecule has 2 aromatic carbocycles. The molecule has 126 valence electrons. The van der Waals surface area contributed by atoms with Crippen LogP contribution in [0.15, 0.2) is 54.6 Å². The first-order valence-electron chi connectivity index (χ1n) is 8.73. The Morgan fingerprint density at radius 1 is 1.04 bits per heavy atom. The summed E-state index contributed by atoms with van der Waals surface area (Å²) in [4.78, 5) is 15.9. The van der Waals surface area contributed by atoms with E-state index in [-0.39, 0.29) is 5.91 Å². The van der Waals surface area contributed by atoms with Gasteiger partial charge in [0.1, 0.15) is 0 Å². The fourth-order valence-corrected chi connectivity index (χ4v) is 3.46. The quantitative estimate of drug-likeness (QED) is 0.855. The van der Waals surface area contributed by atoms with E-state index < -0.39 is 0 Å². The first-order chi connectivity index (χ1) is 11.6. The molecule has 3 heteroatoms. The standard InChI is InChI=1S/C21H26N2O/c1-17(24)22(2)21-11-13-23(14-12-21)16-18-7-6-10-20(15-18)19-8-4-3-5-9-19/h3-10,15,21H,11-14,16H2,1-2H3. The van der Waals surface area contributed by atoms with Crippen LogP contribution in [0.1, 0.15) is 25.3 Å². The Hall–Kier alpha value is -2.13. The fraction of sp³-hybridized carbons (Fsp3) is 0.381. The summed E-state index contributed by atoms with van der Waals surface area (Å²) in [6.07, 6.45) is 2.13. The van der Waals surface area contributed by atoms with Gasteiger partial charge in [0.15, 0.2) is 0 Å². The van der Waals surface area contributed by atoms with E-state index in [0.717, 1.165) is 32.5 Å². The van der Waals surface area contributed by atoms with E-state index in [1.807, 2.05) is 11.9 Å². The van der Waals surface area contributed by atoms with Crippen LogP contribution in [-0.4, -0.2) is 41.9 Å². The molecule has 2 aromatic rings. The van der Waals surface area contributed by atoms with Gasteiger partial charge in [-0.05, 0) is 35.6 Å². The van der Waals surface area contributed by atoms with Crippen molar-refractivity contribution in [3.63, 3.8) is 0 Å². The van der Waals surface area contributed by atoms with Crippen molar-refractivity contribution in [2.24, 2.45) is 0 Å². The Morgan fingerprint density at radius 2 is 1.71 bits per heavy atom. The van der Waals surface area contributed by atoms with Crippen molar-refractivity contribution in [3.8, 4) is 11.1 Å². The first kappa shape index (κ1) is 16.7. The van der Waals surface area contributed by atoms with Crippen LogP contribution in [-0.2, 0) is 11.3 Å². The molecule has 1 fully saturated rings. The minimum absolute atomic E-state index is 0.170. The normalized spacial score (nSPS) is 16.1. The number of amides is 1. The second-order valence-electron chi connectivity index (χ2n) is 6.70. The lowest BCUT2D eigenvalue weighted by molar-refractivity contribution is -0.130. The summed E-state index contributed by atoms with van der Waals surface area (Å²) in [5.74, 6) is 0.170. The maximum Gasteiger partial charge on any atom is 0.219 e. The van der Waals surface area contributed by atoms with Crippen molar-refractivity contribution in [2.45, 2.75) is 32.4 Å². The van der Waals surface area contributed by atoms with E-state index >= 15 is 0 Å². The van der Waals surface area contributed by atoms with E-state index in [2.05, 4.69) is 59.5 Å². The van der Waals surface area contributed by atoms with Crippen LogP contribution in [0, 0.1) is 0 Å². The molecule has 0 radical (unpaired) electrons. The number of carbonyl (C=O) groups is 1. The highest BCUT2D eigenvalue weighted by atomic mass is 16.2. The van der Waals surface area contributed by atoms with Gasteiger partial charge in [0.2, 0.25) is 5.91 Å². The lowest BCUT2D eigenvalue weighted by Gasteiger charge is -2.36. The third-order valence-electron chi connectivity index (χ3n) is 5.04. The Morgan fingerprint density at radius 3 is 2.38 bits per heavy atom. The van der Waals surface area contributed by atoms with Crippen LogP contribution in [0.4, 0.5) is 0 Å². The monoisotopic (exact) mass is 322 g/mol. The molecule has 24 heavy (non-hydrogen) atoms. The lowest BCUT2D eigenvalue weighted by Crippen LogP contribution is -2.44. The van der Waals surface area contributed by atoms with Crippen LogP contribution in [0.2, 0.25) is 0 Å². The van der Waals surface area contributed by atoms with Gasteiger partial charge >= 0.3 is 0 Å². The molecule has 0 spiro atoms. The van der Waals surface area contributed by atoms with Gasteiger partial charge in [0.25, 0.3) is 0 Å². The predicted octanol–water partition coefficient (Wildman–Crippen LogP) is 3.80. The molecule has 1 amide bonds. The second-order valence-corrected chi connectivity index (χ2v) is 6.70. The zero-order chi connectivity index (χ0) is 16.9. The summed E-state index contributed by atoms with van der Waals surface area (Å²) in [6, 6.07) is 19.7. The Kier molecular flexibility index (Phi) is 5.31. The summed E-state index contributed by atoms with van der Waals surface area (Å²) in [6.45, 7) is 4.74. The van der Waals surface area contributed by atoms with E-state index in [1.54, 1.807) is 6.92 Å². The SMILES string of the molecule is CC(=O)N(C)C1CCN(Cc2cccc(-c3ccccc3)c2)CC1. The van der Waals surface area contributed by atoms with E-state index in [4.69, 9.17) is 0 Å². The molecule has 3 rings (SSSR count). The van der Waals surface area contributed by atoms with Gasteiger partial charge in [-0.2, -0.15) is 0 Å². The van der Waals surface area contributed by atoms with Crippen LogP contribution in [0.3, 0.4) is 0 Å². The molecule has 0 saturated carbocycles. The lowest BCUT2D eigenvalue weighted by atomic mass is 10.0. The molecule has 3 nitrogen and oxygen atoms in total. The summed E-state index contributed by atoms with van der Waals surface area (Å²) in [7, 11) is 1.92. The number of likely N-dealkylation sites (tertiary alicyclic amines) is 1. The molecule has 1 aliphatic rings. The summed E-state index contributed by atoms with van der Waals surface area (Å²) in [5.41, 5.74) is 3.90. The average molecular weight is 322 g/mol. The maximum absolute atomic E-state index is 11.5. The van der Waals surface area contributed by atoms with Gasteiger partial charge < -0.3 is 4.90 Å². The van der Waals surface area contributed by atoms with E-state index in [1.165, 1.54) is 16.7 Å². The number of piperidine rings is 1. The first-order valence-corrected chi connectivity index (χ1v) is 8.73. The van der Waals surface area contributed by atoms with Crippen LogP contribution < -0.4 is 0 Å². The Labute approximate surface area is 144 Å². The van der Waals surface area contributed by atoms with Crippen LogP contribution in [0.5, 0.6) is 0 Å². The van der Waals surface area contributed by atoms with Crippen molar-refractivity contribution >= 4 is 5.91 Å². The molecular formula is C21H26N2O. The topological polar surface area (TPSA) is 23.6 Å². The number of hydrogen-bond donors (Lipinski definition) is 0. The minimum Gasteiger partial charge on any atom is -0.343 e. The molecular weight excluding hydrogens is 296 g/mol. The molecule has 0 bridgehead atoms. The van der Waals surface area contributed by atoms with Crippen molar-refractivity contribution in [3.05, 3.63) is 60.2 Å². The predicted molar refractivity (Wildman–Crippen MR) is 98.6 cm³/mol. The molecule has 0 unspecified atom stereocenters. The minimum atomic E-state index is 0.170. The zero-order valence-electron chi connectivity index (χ0n) is 14.6. The number of rotatable bonds is 4. The van der Waals surface area contributed by atoms with Gasteiger partial charge in [-0.15, -0.1) is 0 Å². The van der Waals surface area contributed by atoms with Crippen molar-refractivity contribution in [1.82, 2.24) is 9.80 Å². The highest BCUT2D eigenvalue weighted by molar-refractivity contribution is 5.73. The smallest absolute Gasteiger partial charge is 0.219 e. The van der Waals surface area contributed by atoms with Gasteiger partial charge in [0, 0.05) is 39.6 Å². The molecule has 0 aliphatic carbocycles. The summed E-state index contributed by atoms with van der Waals surface area (Å²) >= 11 is 0. The van der Waals surface area contributed by atoms with Crippen LogP contribution in [0.25, 0.3) is 11.1 Å². The van der Waals surface area contributed by atoms with E-state index in [0.29, 0.717) is 6.04 Å². The molecule has 0 N–H and O–H groups in total. The fourth-order valence-electron chi connectivity index (χ4n) is 3.46. The summed E-state index contributed by atoms with van der Waals surface area (Å²) in [5, 5.41) is 0. The third-order valence-corrected chi connectivity index (χ3v) is 5.04. The van der Waals surface area contributed by atoms with Gasteiger partial charge in [-0.3, -0.25) is 9.69 Å². The second kappa shape index (κ2) is 7.63. The molecule has 1 heterocycles. The Balaban J connectivity index is 1.61. The summed E-state index contributed by atoms with van der Waals surface area (Å²) < 4.78 is 0. The largest absolute Gasteiger partial charge is 0.343 e. The molecule has 0 atom stereocenters. The van der Waals surface area contributed by atoms with Crippen molar-refractivity contribution in [2.75, 3.05) is 20.1 Å². The highest BCUT2D eigenvalue weighted by Crippen LogP contribution is 2.22. The molecule has 0 aromatic heterocycles. The van der Waals surface area contributed by atoms with Gasteiger partial charge in [-0.1, -0.05) is 48.5 Å². The number of benzene rings is 2. The third kappa shape index (κ3) is 4.04. The highest BCUT2D eigenvalue weighted by Gasteiger charge is 2.23. The van der Waals surface area contributed by atoms with Crippen molar-refractivity contribution < 1.29 is 4.79 Å². The Bertz CT molecular complexity index is 675. The maximum atomic E-state index is 11.5. The molecule has 1 aliphatic heterocycles. The van der Waals surface area contributed by atoms with Gasteiger partial charge in [-0.25, -0.2) is 0 Å². The number of carbonyl (C=O) groups excluding carboxylic acids is 1. The van der Waals surface area contributed by atoms with Crippen molar-refractivity contribution in [1.29, 1.82) is 0 Å². The van der Waals surface area contributed by atoms with Gasteiger partial charge in [0.05, 0.1) is 0 Å². The zero-order valence-corrected chi connectivity index (χ0v) is 14.6. The molecule has 1 saturated heterocycles.